The van der Waals surface area contributed by atoms with Crippen LogP contribution in [-0.2, 0) is 0 Å². The van der Waals surface area contributed by atoms with E-state index >= 15 is 0 Å². The van der Waals surface area contributed by atoms with Crippen molar-refractivity contribution in [2.45, 2.75) is 32.7 Å². The van der Waals surface area contributed by atoms with Crippen molar-refractivity contribution < 1.29 is 9.47 Å². The summed E-state index contributed by atoms with van der Waals surface area (Å²) < 4.78 is 10.5. The molecule has 0 radical (unpaired) electrons. The summed E-state index contributed by atoms with van der Waals surface area (Å²) in [4.78, 5) is 0. The topological polar surface area (TPSA) is 42.5 Å². The molecule has 0 saturated carbocycles. The number of methoxy groups -OCH3 is 2. The average Bonchev–Trinajstić information content (AvgIpc) is 2.39. The lowest BCUT2D eigenvalue weighted by molar-refractivity contribution is 0.395. The van der Waals surface area contributed by atoms with Crippen LogP contribution in [0.5, 0.6) is 11.5 Å². The molecule has 1 aromatic carbocycles. The van der Waals surface area contributed by atoms with Crippen LogP contribution in [0.25, 0.3) is 0 Å². The third-order valence-electron chi connectivity index (χ3n) is 2.76. The number of hydrogen-bond acceptors (Lipinski definition) is 3. The van der Waals surface area contributed by atoms with Crippen LogP contribution >= 0.6 is 12.2 Å². The molecule has 0 saturated heterocycles. The maximum Gasteiger partial charge on any atom is 0.171 e. The second-order valence-electron chi connectivity index (χ2n) is 4.35. The van der Waals surface area contributed by atoms with Crippen LogP contribution < -0.4 is 20.1 Å². The normalized spacial score (nSPS) is 11.6. The van der Waals surface area contributed by atoms with Gasteiger partial charge in [-0.25, -0.2) is 0 Å². The maximum absolute atomic E-state index is 5.31. The zero-order valence-corrected chi connectivity index (χ0v) is 12.8. The van der Waals surface area contributed by atoms with Crippen LogP contribution in [0.3, 0.4) is 0 Å². The van der Waals surface area contributed by atoms with Gasteiger partial charge in [0.1, 0.15) is 11.5 Å². The van der Waals surface area contributed by atoms with Crippen molar-refractivity contribution in [1.82, 2.24) is 5.32 Å². The molecule has 1 rings (SSSR count). The molecular formula is C14H22N2O2S. The number of rotatable bonds is 6. The first-order chi connectivity index (χ1) is 9.10. The van der Waals surface area contributed by atoms with Gasteiger partial charge in [0.15, 0.2) is 5.11 Å². The van der Waals surface area contributed by atoms with Crippen LogP contribution in [0.2, 0.25) is 0 Å². The summed E-state index contributed by atoms with van der Waals surface area (Å²) in [6, 6.07) is 5.92. The Morgan fingerprint density at radius 1 is 1.32 bits per heavy atom. The monoisotopic (exact) mass is 282 g/mol. The Labute approximate surface area is 120 Å². The highest BCUT2D eigenvalue weighted by atomic mass is 32.1. The fraction of sp³-hybridized carbons (Fsp3) is 0.500. The number of thiocarbonyl (C=S) groups is 1. The summed E-state index contributed by atoms with van der Waals surface area (Å²) in [5, 5.41) is 6.99. The smallest absolute Gasteiger partial charge is 0.171 e. The van der Waals surface area contributed by atoms with Gasteiger partial charge in [-0.15, -0.1) is 0 Å². The van der Waals surface area contributed by atoms with Crippen molar-refractivity contribution in [3.8, 4) is 11.5 Å². The Morgan fingerprint density at radius 3 is 2.63 bits per heavy atom. The highest BCUT2D eigenvalue weighted by Gasteiger charge is 2.08. The molecule has 0 amide bonds. The van der Waals surface area contributed by atoms with Crippen LogP contribution in [0.4, 0.5) is 5.69 Å². The molecule has 0 spiro atoms. The third-order valence-corrected chi connectivity index (χ3v) is 2.98. The molecule has 2 N–H and O–H groups in total. The van der Waals surface area contributed by atoms with E-state index in [-0.39, 0.29) is 0 Å². The first kappa shape index (κ1) is 15.6. The van der Waals surface area contributed by atoms with Gasteiger partial charge in [0.25, 0.3) is 0 Å². The molecule has 0 bridgehead atoms. The van der Waals surface area contributed by atoms with Gasteiger partial charge < -0.3 is 20.1 Å². The van der Waals surface area contributed by atoms with E-state index in [1.807, 2.05) is 18.2 Å². The van der Waals surface area contributed by atoms with Crippen LogP contribution in [0.15, 0.2) is 18.2 Å². The summed E-state index contributed by atoms with van der Waals surface area (Å²) in [5.41, 5.74) is 0.824. The molecule has 0 aliphatic heterocycles. The predicted molar refractivity (Wildman–Crippen MR) is 83.3 cm³/mol. The quantitative estimate of drug-likeness (QED) is 0.784. The number of ether oxygens (including phenoxy) is 2. The highest BCUT2D eigenvalue weighted by molar-refractivity contribution is 7.80. The van der Waals surface area contributed by atoms with Crippen molar-refractivity contribution in [1.29, 1.82) is 0 Å². The zero-order chi connectivity index (χ0) is 14.3. The van der Waals surface area contributed by atoms with E-state index in [1.165, 1.54) is 0 Å². The summed E-state index contributed by atoms with van der Waals surface area (Å²) in [6.45, 7) is 4.27. The largest absolute Gasteiger partial charge is 0.497 e. The van der Waals surface area contributed by atoms with Crippen molar-refractivity contribution in [3.63, 3.8) is 0 Å². The maximum atomic E-state index is 5.31. The fourth-order valence-corrected chi connectivity index (χ4v) is 2.10. The van der Waals surface area contributed by atoms with E-state index in [9.17, 15) is 0 Å². The molecule has 0 fully saturated rings. The van der Waals surface area contributed by atoms with Crippen molar-refractivity contribution in [2.24, 2.45) is 0 Å². The minimum absolute atomic E-state index is 0.356. The molecule has 4 nitrogen and oxygen atoms in total. The number of benzene rings is 1. The summed E-state index contributed by atoms with van der Waals surface area (Å²) in [7, 11) is 3.25. The Bertz CT molecular complexity index is 424. The minimum atomic E-state index is 0.356. The van der Waals surface area contributed by atoms with Gasteiger partial charge in [-0.2, -0.15) is 0 Å². The van der Waals surface area contributed by atoms with E-state index in [0.717, 1.165) is 24.3 Å². The van der Waals surface area contributed by atoms with Gasteiger partial charge in [-0.05, 0) is 37.7 Å². The molecule has 0 aliphatic carbocycles. The van der Waals surface area contributed by atoms with E-state index in [2.05, 4.69) is 24.5 Å². The molecule has 0 aliphatic rings. The Hall–Kier alpha value is -1.49. The highest BCUT2D eigenvalue weighted by Crippen LogP contribution is 2.28. The molecule has 0 heterocycles. The first-order valence-electron chi connectivity index (χ1n) is 6.40. The number of nitrogens with one attached hydrogen (secondary N) is 2. The summed E-state index contributed by atoms with van der Waals surface area (Å²) in [6.07, 6.45) is 2.21. The number of hydrogen-bond donors (Lipinski definition) is 2. The second kappa shape index (κ2) is 7.84. The third kappa shape index (κ3) is 4.95. The van der Waals surface area contributed by atoms with Gasteiger partial charge in [0.05, 0.1) is 19.9 Å². The average molecular weight is 282 g/mol. The molecule has 5 heteroatoms. The van der Waals surface area contributed by atoms with Crippen LogP contribution in [0, 0.1) is 0 Å². The minimum Gasteiger partial charge on any atom is -0.497 e. The van der Waals surface area contributed by atoms with E-state index in [0.29, 0.717) is 16.9 Å². The van der Waals surface area contributed by atoms with Crippen molar-refractivity contribution in [2.75, 3.05) is 19.5 Å². The van der Waals surface area contributed by atoms with Crippen LogP contribution in [0.1, 0.15) is 26.7 Å². The van der Waals surface area contributed by atoms with Gasteiger partial charge in [-0.3, -0.25) is 0 Å². The molecule has 0 unspecified atom stereocenters. The molecule has 19 heavy (non-hydrogen) atoms. The summed E-state index contributed by atoms with van der Waals surface area (Å²) >= 11 is 5.29. The van der Waals surface area contributed by atoms with Gasteiger partial charge in [0, 0.05) is 12.1 Å². The molecular weight excluding hydrogens is 260 g/mol. The lowest BCUT2D eigenvalue weighted by Gasteiger charge is -2.18. The second-order valence-corrected chi connectivity index (χ2v) is 4.76. The SMILES string of the molecule is CCC[C@@H](C)NC(=S)Nc1ccc(OC)cc1OC. The Balaban J connectivity index is 2.68. The first-order valence-corrected chi connectivity index (χ1v) is 6.81. The van der Waals surface area contributed by atoms with Crippen LogP contribution in [-0.4, -0.2) is 25.4 Å². The molecule has 106 valence electrons. The lowest BCUT2D eigenvalue weighted by atomic mass is 10.2. The van der Waals surface area contributed by atoms with Gasteiger partial charge in [0.2, 0.25) is 0 Å². The standard InChI is InChI=1S/C14H22N2O2S/c1-5-6-10(2)15-14(19)16-12-8-7-11(17-3)9-13(12)18-4/h7-10H,5-6H2,1-4H3,(H2,15,16,19)/t10-/m1/s1. The van der Waals surface area contributed by atoms with Crippen molar-refractivity contribution in [3.05, 3.63) is 18.2 Å². The Kier molecular flexibility index (Phi) is 6.42. The summed E-state index contributed by atoms with van der Waals surface area (Å²) in [5.74, 6) is 1.45. The van der Waals surface area contributed by atoms with Gasteiger partial charge >= 0.3 is 0 Å². The van der Waals surface area contributed by atoms with E-state index < -0.39 is 0 Å². The van der Waals surface area contributed by atoms with E-state index in [1.54, 1.807) is 14.2 Å². The molecule has 1 aromatic rings. The Morgan fingerprint density at radius 2 is 2.05 bits per heavy atom. The number of anilines is 1. The predicted octanol–water partition coefficient (Wildman–Crippen LogP) is 3.18. The van der Waals surface area contributed by atoms with Crippen molar-refractivity contribution >= 4 is 23.0 Å². The molecule has 0 aromatic heterocycles. The lowest BCUT2D eigenvalue weighted by Crippen LogP contribution is -2.35. The van der Waals surface area contributed by atoms with Gasteiger partial charge in [-0.1, -0.05) is 13.3 Å². The fourth-order valence-electron chi connectivity index (χ4n) is 1.79. The van der Waals surface area contributed by atoms with E-state index in [4.69, 9.17) is 21.7 Å². The zero-order valence-electron chi connectivity index (χ0n) is 11.9. The molecule has 1 atom stereocenters.